The lowest BCUT2D eigenvalue weighted by Gasteiger charge is -2.45. The Labute approximate surface area is 268 Å². The predicted octanol–water partition coefficient (Wildman–Crippen LogP) is 3.64. The first-order valence-corrected chi connectivity index (χ1v) is 16.6. The highest BCUT2D eigenvalue weighted by atomic mass is 16.5. The van der Waals surface area contributed by atoms with E-state index in [2.05, 4.69) is 41.4 Å². The minimum atomic E-state index is -1.26. The number of hydrogen-bond acceptors (Lipinski definition) is 7. The summed E-state index contributed by atoms with van der Waals surface area (Å²) in [5, 5.41) is 34.5. The molecule has 0 aromatic heterocycles. The molecule has 9 heteroatoms. The SMILES string of the molecule is CC[C@H]1O[C@@H](c2ccc(C)c(Cc3ccc(CCCC(=O)NC4(N(C=O)CCN(C)C)CCCCC4)cc3)c2)[C@H](O)[C@@H](O)[C@@H]1O. The third kappa shape index (κ3) is 8.92. The van der Waals surface area contributed by atoms with Gasteiger partial charge in [-0.05, 0) is 100 Å². The maximum absolute atomic E-state index is 13.1. The van der Waals surface area contributed by atoms with Crippen LogP contribution in [0.1, 0.15) is 92.2 Å². The van der Waals surface area contributed by atoms with E-state index in [1.165, 1.54) is 5.56 Å². The number of nitrogens with one attached hydrogen (secondary N) is 1. The summed E-state index contributed by atoms with van der Waals surface area (Å²) in [5.41, 5.74) is 4.75. The summed E-state index contributed by atoms with van der Waals surface area (Å²) >= 11 is 0. The molecular formula is C36H53N3O6. The van der Waals surface area contributed by atoms with Gasteiger partial charge in [-0.3, -0.25) is 9.59 Å². The van der Waals surface area contributed by atoms with Gasteiger partial charge in [0.05, 0.1) is 6.10 Å². The molecule has 2 aromatic rings. The maximum Gasteiger partial charge on any atom is 0.221 e. The quantitative estimate of drug-likeness (QED) is 0.187. The van der Waals surface area contributed by atoms with Crippen LogP contribution in [0.5, 0.6) is 0 Å². The van der Waals surface area contributed by atoms with Crippen molar-refractivity contribution in [3.8, 4) is 0 Å². The fourth-order valence-electron chi connectivity index (χ4n) is 6.74. The summed E-state index contributed by atoms with van der Waals surface area (Å²) in [6, 6.07) is 14.4. The predicted molar refractivity (Wildman–Crippen MR) is 175 cm³/mol. The van der Waals surface area contributed by atoms with Crippen LogP contribution in [0.4, 0.5) is 0 Å². The molecule has 2 aromatic carbocycles. The largest absolute Gasteiger partial charge is 0.388 e. The van der Waals surface area contributed by atoms with Gasteiger partial charge in [-0.2, -0.15) is 0 Å². The highest BCUT2D eigenvalue weighted by Gasteiger charge is 2.43. The number of hydrogen-bond donors (Lipinski definition) is 4. The zero-order chi connectivity index (χ0) is 32.6. The molecule has 45 heavy (non-hydrogen) atoms. The molecule has 0 spiro atoms. The topological polar surface area (TPSA) is 123 Å². The molecule has 9 nitrogen and oxygen atoms in total. The van der Waals surface area contributed by atoms with Crippen molar-refractivity contribution in [2.45, 2.75) is 114 Å². The fourth-order valence-corrected chi connectivity index (χ4v) is 6.74. The highest BCUT2D eigenvalue weighted by molar-refractivity contribution is 5.77. The lowest BCUT2D eigenvalue weighted by Crippen LogP contribution is -2.62. The van der Waals surface area contributed by atoms with E-state index in [9.17, 15) is 24.9 Å². The lowest BCUT2D eigenvalue weighted by atomic mass is 9.87. The van der Waals surface area contributed by atoms with Gasteiger partial charge in [0.25, 0.3) is 0 Å². The van der Waals surface area contributed by atoms with E-state index in [1.807, 2.05) is 39.2 Å². The average molecular weight is 624 g/mol. The number of ether oxygens (including phenoxy) is 1. The van der Waals surface area contributed by atoms with E-state index in [0.29, 0.717) is 25.8 Å². The second-order valence-corrected chi connectivity index (χ2v) is 13.3. The summed E-state index contributed by atoms with van der Waals surface area (Å²) in [5.74, 6) is -0.0000652. The van der Waals surface area contributed by atoms with E-state index in [-0.39, 0.29) is 5.91 Å². The van der Waals surface area contributed by atoms with Crippen LogP contribution in [0, 0.1) is 6.92 Å². The van der Waals surface area contributed by atoms with Gasteiger partial charge in [0.15, 0.2) is 0 Å². The maximum atomic E-state index is 13.1. The van der Waals surface area contributed by atoms with Gasteiger partial charge in [0.1, 0.15) is 30.1 Å². The minimum absolute atomic E-state index is 0.0000652. The van der Waals surface area contributed by atoms with Gasteiger partial charge in [-0.15, -0.1) is 0 Å². The van der Waals surface area contributed by atoms with E-state index in [4.69, 9.17) is 4.74 Å². The van der Waals surface area contributed by atoms with Crippen LogP contribution in [0.3, 0.4) is 0 Å². The summed E-state index contributed by atoms with van der Waals surface area (Å²) < 4.78 is 6.01. The molecule has 5 atom stereocenters. The second-order valence-electron chi connectivity index (χ2n) is 13.3. The Morgan fingerprint density at radius 1 is 0.978 bits per heavy atom. The van der Waals surface area contributed by atoms with E-state index in [1.54, 1.807) is 4.90 Å². The van der Waals surface area contributed by atoms with Crippen LogP contribution < -0.4 is 5.32 Å². The molecule has 1 heterocycles. The Kier molecular flexibility index (Phi) is 12.6. The number of carbonyl (C=O) groups is 2. The van der Waals surface area contributed by atoms with E-state index < -0.39 is 36.2 Å². The molecule has 1 saturated heterocycles. The molecule has 2 aliphatic rings. The molecule has 248 valence electrons. The normalized spacial score (nSPS) is 24.8. The van der Waals surface area contributed by atoms with Gasteiger partial charge in [-0.25, -0.2) is 0 Å². The molecule has 4 rings (SSSR count). The average Bonchev–Trinajstić information content (AvgIpc) is 3.02. The first kappa shape index (κ1) is 35.0. The highest BCUT2D eigenvalue weighted by Crippen LogP contribution is 2.35. The first-order chi connectivity index (χ1) is 21.6. The zero-order valence-electron chi connectivity index (χ0n) is 27.5. The molecule has 2 amide bonds. The Balaban J connectivity index is 1.32. The Morgan fingerprint density at radius 2 is 1.67 bits per heavy atom. The van der Waals surface area contributed by atoms with E-state index in [0.717, 1.165) is 80.2 Å². The van der Waals surface area contributed by atoms with Crippen LogP contribution >= 0.6 is 0 Å². The molecule has 1 aliphatic carbocycles. The molecule has 1 saturated carbocycles. The number of amides is 2. The summed E-state index contributed by atoms with van der Waals surface area (Å²) in [7, 11) is 3.97. The number of aliphatic hydroxyl groups is 3. The Bertz CT molecular complexity index is 1240. The number of likely N-dealkylation sites (N-methyl/N-ethyl adjacent to an activating group) is 1. The Hall–Kier alpha value is -2.82. The Morgan fingerprint density at radius 3 is 2.31 bits per heavy atom. The molecule has 2 fully saturated rings. The van der Waals surface area contributed by atoms with Crippen molar-refractivity contribution in [2.75, 3.05) is 27.2 Å². The summed E-state index contributed by atoms with van der Waals surface area (Å²) in [6.45, 7) is 5.29. The van der Waals surface area contributed by atoms with Crippen molar-refractivity contribution in [3.63, 3.8) is 0 Å². The molecule has 0 radical (unpaired) electrons. The molecule has 0 bridgehead atoms. The molecular weight excluding hydrogens is 570 g/mol. The standard InChI is InChI=1S/C36H53N3O6/c1-5-30-32(42)33(43)34(44)35(45-30)28-17-12-25(2)29(23-28)22-27-15-13-26(14-16-27)10-9-11-31(41)37-36(18-7-6-8-19-36)39(24-40)21-20-38(3)4/h12-17,23-24,30,32-35,42-44H,5-11,18-22H2,1-4H3,(H,37,41)/t30-,32-,33+,34-,35+/m1/s1. The van der Waals surface area contributed by atoms with Crippen LogP contribution in [-0.2, 0) is 27.2 Å². The van der Waals surface area contributed by atoms with Crippen molar-refractivity contribution < 1.29 is 29.6 Å². The summed E-state index contributed by atoms with van der Waals surface area (Å²) in [4.78, 5) is 29.0. The zero-order valence-corrected chi connectivity index (χ0v) is 27.5. The van der Waals surface area contributed by atoms with Crippen molar-refractivity contribution in [1.29, 1.82) is 0 Å². The second kappa shape index (κ2) is 16.1. The summed E-state index contributed by atoms with van der Waals surface area (Å²) in [6.07, 6.45) is 3.98. The number of rotatable bonds is 14. The fraction of sp³-hybridized carbons (Fsp3) is 0.611. The van der Waals surface area contributed by atoms with Crippen molar-refractivity contribution in [2.24, 2.45) is 0 Å². The third-order valence-electron chi connectivity index (χ3n) is 9.62. The van der Waals surface area contributed by atoms with Gasteiger partial charge >= 0.3 is 0 Å². The molecule has 0 unspecified atom stereocenters. The third-order valence-corrected chi connectivity index (χ3v) is 9.62. The number of aryl methyl sites for hydroxylation is 2. The number of benzene rings is 2. The van der Waals surface area contributed by atoms with Gasteiger partial charge in [0, 0.05) is 19.5 Å². The number of aliphatic hydroxyl groups excluding tert-OH is 3. The van der Waals surface area contributed by atoms with Crippen LogP contribution in [0.15, 0.2) is 42.5 Å². The lowest BCUT2D eigenvalue weighted by molar-refractivity contribution is -0.225. The van der Waals surface area contributed by atoms with Crippen molar-refractivity contribution in [3.05, 3.63) is 70.3 Å². The van der Waals surface area contributed by atoms with Gasteiger partial charge in [-0.1, -0.05) is 55.8 Å². The smallest absolute Gasteiger partial charge is 0.221 e. The van der Waals surface area contributed by atoms with Gasteiger partial charge < -0.3 is 35.2 Å². The monoisotopic (exact) mass is 623 g/mol. The van der Waals surface area contributed by atoms with Crippen molar-refractivity contribution >= 4 is 12.3 Å². The first-order valence-electron chi connectivity index (χ1n) is 16.6. The van der Waals surface area contributed by atoms with Crippen molar-refractivity contribution in [1.82, 2.24) is 15.1 Å². The minimum Gasteiger partial charge on any atom is -0.388 e. The van der Waals surface area contributed by atoms with Crippen LogP contribution in [0.2, 0.25) is 0 Å². The van der Waals surface area contributed by atoms with Gasteiger partial charge in [0.2, 0.25) is 12.3 Å². The molecule has 1 aliphatic heterocycles. The molecule has 4 N–H and O–H groups in total. The number of carbonyl (C=O) groups excluding carboxylic acids is 2. The van der Waals surface area contributed by atoms with Crippen LogP contribution in [-0.4, -0.2) is 94.7 Å². The van der Waals surface area contributed by atoms with Crippen LogP contribution in [0.25, 0.3) is 0 Å². The van der Waals surface area contributed by atoms with E-state index >= 15 is 0 Å². The number of nitrogens with zero attached hydrogens (tertiary/aromatic N) is 2.